The number of aromatic nitrogens is 1. The van der Waals surface area contributed by atoms with E-state index in [4.69, 9.17) is 0 Å². The first-order valence-electron chi connectivity index (χ1n) is 6.73. The number of anilines is 2. The highest BCUT2D eigenvalue weighted by molar-refractivity contribution is 7.05. The van der Waals surface area contributed by atoms with Crippen molar-refractivity contribution in [2.24, 2.45) is 0 Å². The largest absolute Gasteiger partial charge is 0.372 e. The van der Waals surface area contributed by atoms with Crippen LogP contribution < -0.4 is 10.2 Å². The van der Waals surface area contributed by atoms with Gasteiger partial charge in [-0.15, -0.1) is 0 Å². The molecule has 0 fully saturated rings. The van der Waals surface area contributed by atoms with Gasteiger partial charge in [-0.25, -0.2) is 0 Å². The zero-order valence-electron chi connectivity index (χ0n) is 12.0. The van der Waals surface area contributed by atoms with Crippen LogP contribution in [0.1, 0.15) is 29.2 Å². The summed E-state index contributed by atoms with van der Waals surface area (Å²) in [6.07, 6.45) is 0. The highest BCUT2D eigenvalue weighted by atomic mass is 32.1. The van der Waals surface area contributed by atoms with E-state index >= 15 is 0 Å². The highest BCUT2D eigenvalue weighted by Gasteiger charge is 2.10. The van der Waals surface area contributed by atoms with Gasteiger partial charge in [-0.3, -0.25) is 4.79 Å². The minimum absolute atomic E-state index is 0.162. The van der Waals surface area contributed by atoms with Crippen molar-refractivity contribution in [1.29, 1.82) is 0 Å². The highest BCUT2D eigenvalue weighted by Crippen LogP contribution is 2.18. The van der Waals surface area contributed by atoms with Gasteiger partial charge in [0.05, 0.1) is 0 Å². The summed E-state index contributed by atoms with van der Waals surface area (Å²) in [5.41, 5.74) is 2.43. The van der Waals surface area contributed by atoms with Crippen molar-refractivity contribution in [2.45, 2.75) is 20.8 Å². The van der Waals surface area contributed by atoms with E-state index in [2.05, 4.69) is 28.4 Å². The third kappa shape index (κ3) is 3.36. The van der Waals surface area contributed by atoms with E-state index in [1.54, 1.807) is 6.07 Å². The van der Waals surface area contributed by atoms with Gasteiger partial charge < -0.3 is 10.2 Å². The van der Waals surface area contributed by atoms with Crippen molar-refractivity contribution in [1.82, 2.24) is 4.37 Å². The normalized spacial score (nSPS) is 10.3. The number of carbonyl (C=O) groups is 1. The van der Waals surface area contributed by atoms with Crippen molar-refractivity contribution in [3.05, 3.63) is 40.9 Å². The second-order valence-electron chi connectivity index (χ2n) is 4.50. The molecule has 0 saturated heterocycles. The molecule has 4 nitrogen and oxygen atoms in total. The second kappa shape index (κ2) is 6.52. The maximum atomic E-state index is 12.0. The number of nitrogens with zero attached hydrogens (tertiary/aromatic N) is 2. The lowest BCUT2D eigenvalue weighted by Gasteiger charge is -2.21. The maximum absolute atomic E-state index is 12.0. The van der Waals surface area contributed by atoms with Gasteiger partial charge in [0.25, 0.3) is 5.91 Å². The predicted octanol–water partition coefficient (Wildman–Crippen LogP) is 3.55. The molecule has 2 aromatic rings. The summed E-state index contributed by atoms with van der Waals surface area (Å²) in [7, 11) is 0. The standard InChI is InChI=1S/C15H19N3OS/c1-4-18(5-2)13-8-6-12(7-9-13)16-15(19)14-10-11(3)20-17-14/h6-10H,4-5H2,1-3H3,(H,16,19). The Morgan fingerprint density at radius 1 is 1.25 bits per heavy atom. The monoisotopic (exact) mass is 289 g/mol. The first kappa shape index (κ1) is 14.5. The molecule has 0 aliphatic rings. The minimum atomic E-state index is -0.162. The summed E-state index contributed by atoms with van der Waals surface area (Å²) < 4.78 is 4.11. The molecule has 2 rings (SSSR count). The van der Waals surface area contributed by atoms with Crippen molar-refractivity contribution in [3.8, 4) is 0 Å². The van der Waals surface area contributed by atoms with Gasteiger partial charge in [0.1, 0.15) is 5.69 Å². The Labute approximate surface area is 123 Å². The lowest BCUT2D eigenvalue weighted by atomic mass is 10.2. The number of aryl methyl sites for hydroxylation is 1. The maximum Gasteiger partial charge on any atom is 0.275 e. The summed E-state index contributed by atoms with van der Waals surface area (Å²) in [6.45, 7) is 8.14. The second-order valence-corrected chi connectivity index (χ2v) is 5.51. The van der Waals surface area contributed by atoms with Crippen LogP contribution in [0.4, 0.5) is 11.4 Å². The number of carbonyl (C=O) groups excluding carboxylic acids is 1. The number of hydrogen-bond donors (Lipinski definition) is 1. The summed E-state index contributed by atoms with van der Waals surface area (Å²) in [4.78, 5) is 15.3. The number of amides is 1. The molecule has 1 heterocycles. The molecule has 0 aliphatic heterocycles. The smallest absolute Gasteiger partial charge is 0.275 e. The Kier molecular flexibility index (Phi) is 4.74. The Morgan fingerprint density at radius 2 is 1.90 bits per heavy atom. The average Bonchev–Trinajstić information content (AvgIpc) is 2.89. The van der Waals surface area contributed by atoms with Crippen LogP contribution in [0, 0.1) is 6.92 Å². The summed E-state index contributed by atoms with van der Waals surface area (Å²) >= 11 is 1.34. The van der Waals surface area contributed by atoms with Crippen molar-refractivity contribution in [2.75, 3.05) is 23.3 Å². The minimum Gasteiger partial charge on any atom is -0.372 e. The van der Waals surface area contributed by atoms with E-state index in [-0.39, 0.29) is 5.91 Å². The number of benzene rings is 1. The molecule has 5 heteroatoms. The van der Waals surface area contributed by atoms with Crippen LogP contribution in [0.3, 0.4) is 0 Å². The molecule has 0 radical (unpaired) electrons. The quantitative estimate of drug-likeness (QED) is 0.915. The first-order chi connectivity index (χ1) is 9.63. The number of hydrogen-bond acceptors (Lipinski definition) is 4. The van der Waals surface area contributed by atoms with Gasteiger partial charge in [0, 0.05) is 29.3 Å². The summed E-state index contributed by atoms with van der Waals surface area (Å²) in [5, 5.41) is 2.86. The molecule has 20 heavy (non-hydrogen) atoms. The molecule has 106 valence electrons. The van der Waals surface area contributed by atoms with E-state index in [1.165, 1.54) is 11.5 Å². The van der Waals surface area contributed by atoms with E-state index in [1.807, 2.05) is 31.2 Å². The fourth-order valence-corrected chi connectivity index (χ4v) is 2.56. The molecular formula is C15H19N3OS. The third-order valence-electron chi connectivity index (χ3n) is 3.11. The molecule has 0 aliphatic carbocycles. The lowest BCUT2D eigenvalue weighted by molar-refractivity contribution is 0.102. The molecule has 1 N–H and O–H groups in total. The van der Waals surface area contributed by atoms with E-state index in [9.17, 15) is 4.79 Å². The topological polar surface area (TPSA) is 45.2 Å². The molecule has 0 unspecified atom stereocenters. The van der Waals surface area contributed by atoms with Crippen LogP contribution in [0.15, 0.2) is 30.3 Å². The Morgan fingerprint density at radius 3 is 2.40 bits per heavy atom. The number of nitrogens with one attached hydrogen (secondary N) is 1. The van der Waals surface area contributed by atoms with Gasteiger partial charge in [-0.05, 0) is 62.6 Å². The van der Waals surface area contributed by atoms with Crippen LogP contribution in [-0.2, 0) is 0 Å². The van der Waals surface area contributed by atoms with Crippen LogP contribution in [0.25, 0.3) is 0 Å². The molecule has 1 amide bonds. The molecule has 0 saturated carbocycles. The average molecular weight is 289 g/mol. The van der Waals surface area contributed by atoms with Crippen molar-refractivity contribution < 1.29 is 4.79 Å². The molecule has 1 aromatic heterocycles. The number of rotatable bonds is 5. The van der Waals surface area contributed by atoms with Gasteiger partial charge >= 0.3 is 0 Å². The van der Waals surface area contributed by atoms with Crippen molar-refractivity contribution in [3.63, 3.8) is 0 Å². The van der Waals surface area contributed by atoms with E-state index in [0.717, 1.165) is 29.3 Å². The molecule has 1 aromatic carbocycles. The van der Waals surface area contributed by atoms with Gasteiger partial charge in [0.15, 0.2) is 0 Å². The van der Waals surface area contributed by atoms with Gasteiger partial charge in [0.2, 0.25) is 0 Å². The molecule has 0 atom stereocenters. The summed E-state index contributed by atoms with van der Waals surface area (Å²) in [5.74, 6) is -0.162. The predicted molar refractivity (Wildman–Crippen MR) is 84.8 cm³/mol. The summed E-state index contributed by atoms with van der Waals surface area (Å²) in [6, 6.07) is 9.68. The van der Waals surface area contributed by atoms with Crippen LogP contribution in [0.5, 0.6) is 0 Å². The van der Waals surface area contributed by atoms with Crippen LogP contribution >= 0.6 is 11.5 Å². The zero-order chi connectivity index (χ0) is 14.5. The van der Waals surface area contributed by atoms with E-state index < -0.39 is 0 Å². The van der Waals surface area contributed by atoms with Gasteiger partial charge in [-0.1, -0.05) is 0 Å². The third-order valence-corrected chi connectivity index (χ3v) is 3.81. The fourth-order valence-electron chi connectivity index (χ4n) is 2.01. The Hall–Kier alpha value is -1.88. The Balaban J connectivity index is 2.05. The fraction of sp³-hybridized carbons (Fsp3) is 0.333. The van der Waals surface area contributed by atoms with Gasteiger partial charge in [-0.2, -0.15) is 4.37 Å². The van der Waals surface area contributed by atoms with Crippen molar-refractivity contribution >= 4 is 28.8 Å². The van der Waals surface area contributed by atoms with Crippen LogP contribution in [0.2, 0.25) is 0 Å². The lowest BCUT2D eigenvalue weighted by Crippen LogP contribution is -2.21. The zero-order valence-corrected chi connectivity index (χ0v) is 12.8. The molecule has 0 spiro atoms. The first-order valence-corrected chi connectivity index (χ1v) is 7.51. The molecule has 0 bridgehead atoms. The SMILES string of the molecule is CCN(CC)c1ccc(NC(=O)c2cc(C)sn2)cc1. The Bertz CT molecular complexity index is 573. The van der Waals surface area contributed by atoms with Crippen LogP contribution in [-0.4, -0.2) is 23.4 Å². The van der Waals surface area contributed by atoms with E-state index in [0.29, 0.717) is 5.69 Å². The molecular weight excluding hydrogens is 270 g/mol.